The number of aromatic nitrogens is 2. The molecule has 0 spiro atoms. The zero-order valence-electron chi connectivity index (χ0n) is 12.4. The molecule has 2 aromatic rings. The Hall–Kier alpha value is -3.03. The van der Waals surface area contributed by atoms with Gasteiger partial charge in [-0.1, -0.05) is 12.1 Å². The number of nitrogens with zero attached hydrogens (tertiary/aromatic N) is 3. The molecule has 23 heavy (non-hydrogen) atoms. The lowest BCUT2D eigenvalue weighted by Crippen LogP contribution is -2.19. The van der Waals surface area contributed by atoms with Gasteiger partial charge in [-0.15, -0.1) is 0 Å². The molecule has 1 saturated carbocycles. The molecule has 8 heteroatoms. The van der Waals surface area contributed by atoms with Gasteiger partial charge in [-0.05, 0) is 25.8 Å². The van der Waals surface area contributed by atoms with E-state index in [1.807, 2.05) is 0 Å². The number of aromatic amines is 1. The van der Waals surface area contributed by atoms with Crippen LogP contribution < -0.4 is 5.43 Å². The highest BCUT2D eigenvalue weighted by atomic mass is 16.6. The summed E-state index contributed by atoms with van der Waals surface area (Å²) in [5.74, 6) is 0.0667. The van der Waals surface area contributed by atoms with Gasteiger partial charge in [0.25, 0.3) is 11.6 Å². The molecule has 1 aromatic heterocycles. The molecule has 1 heterocycles. The van der Waals surface area contributed by atoms with E-state index in [-0.39, 0.29) is 11.4 Å². The van der Waals surface area contributed by atoms with Crippen LogP contribution in [0.4, 0.5) is 5.69 Å². The van der Waals surface area contributed by atoms with Crippen LogP contribution in [-0.4, -0.2) is 26.7 Å². The fourth-order valence-corrected chi connectivity index (χ4v) is 2.16. The van der Waals surface area contributed by atoms with E-state index in [1.54, 1.807) is 25.1 Å². The minimum absolute atomic E-state index is 0.0234. The first-order valence-electron chi connectivity index (χ1n) is 7.19. The third-order valence-electron chi connectivity index (χ3n) is 3.65. The van der Waals surface area contributed by atoms with Crippen molar-refractivity contribution in [3.05, 3.63) is 57.4 Å². The summed E-state index contributed by atoms with van der Waals surface area (Å²) < 4.78 is 0. The van der Waals surface area contributed by atoms with E-state index in [2.05, 4.69) is 20.7 Å². The Morgan fingerprint density at radius 3 is 2.91 bits per heavy atom. The summed E-state index contributed by atoms with van der Waals surface area (Å²) in [5, 5.41) is 21.6. The SMILES string of the molecule is CC(=NNC(=O)c1cc(C2CC2)[nH]n1)c1cccc([N+](=O)[O-])c1. The quantitative estimate of drug-likeness (QED) is 0.501. The van der Waals surface area contributed by atoms with Crippen LogP contribution in [0.15, 0.2) is 35.4 Å². The van der Waals surface area contributed by atoms with Gasteiger partial charge in [-0.3, -0.25) is 20.0 Å². The first-order chi connectivity index (χ1) is 11.0. The molecule has 3 rings (SSSR count). The van der Waals surface area contributed by atoms with Crippen molar-refractivity contribution >= 4 is 17.3 Å². The van der Waals surface area contributed by atoms with Crippen molar-refractivity contribution in [2.24, 2.45) is 5.10 Å². The second-order valence-corrected chi connectivity index (χ2v) is 5.43. The van der Waals surface area contributed by atoms with E-state index in [0.29, 0.717) is 17.2 Å². The largest absolute Gasteiger partial charge is 0.291 e. The van der Waals surface area contributed by atoms with E-state index in [0.717, 1.165) is 18.5 Å². The third-order valence-corrected chi connectivity index (χ3v) is 3.65. The van der Waals surface area contributed by atoms with E-state index >= 15 is 0 Å². The summed E-state index contributed by atoms with van der Waals surface area (Å²) >= 11 is 0. The number of H-pyrrole nitrogens is 1. The molecule has 0 aliphatic heterocycles. The Labute approximate surface area is 131 Å². The lowest BCUT2D eigenvalue weighted by atomic mass is 10.1. The van der Waals surface area contributed by atoms with Gasteiger partial charge in [0.1, 0.15) is 0 Å². The van der Waals surface area contributed by atoms with Gasteiger partial charge in [-0.2, -0.15) is 10.2 Å². The fraction of sp³-hybridized carbons (Fsp3) is 0.267. The summed E-state index contributed by atoms with van der Waals surface area (Å²) in [7, 11) is 0. The lowest BCUT2D eigenvalue weighted by Gasteiger charge is -2.01. The van der Waals surface area contributed by atoms with Crippen molar-refractivity contribution in [1.29, 1.82) is 0 Å². The number of nitrogens with one attached hydrogen (secondary N) is 2. The molecular weight excluding hydrogens is 298 g/mol. The summed E-state index contributed by atoms with van der Waals surface area (Å²) in [6.07, 6.45) is 2.24. The van der Waals surface area contributed by atoms with Crippen LogP contribution in [-0.2, 0) is 0 Å². The molecule has 1 fully saturated rings. The number of amides is 1. The Balaban J connectivity index is 1.69. The van der Waals surface area contributed by atoms with Crippen molar-refractivity contribution in [3.8, 4) is 0 Å². The Morgan fingerprint density at radius 2 is 2.22 bits per heavy atom. The predicted molar refractivity (Wildman–Crippen MR) is 83.3 cm³/mol. The first-order valence-corrected chi connectivity index (χ1v) is 7.19. The summed E-state index contributed by atoms with van der Waals surface area (Å²) in [5.41, 5.74) is 4.68. The van der Waals surface area contributed by atoms with Crippen molar-refractivity contribution in [2.45, 2.75) is 25.7 Å². The zero-order valence-corrected chi connectivity index (χ0v) is 12.4. The summed E-state index contributed by atoms with van der Waals surface area (Å²) in [4.78, 5) is 22.3. The number of rotatable bonds is 5. The Kier molecular flexibility index (Phi) is 3.88. The molecule has 0 bridgehead atoms. The van der Waals surface area contributed by atoms with Crippen molar-refractivity contribution in [2.75, 3.05) is 0 Å². The molecule has 118 valence electrons. The smallest absolute Gasteiger partial charge is 0.281 e. The average Bonchev–Trinajstić information content (AvgIpc) is 3.29. The number of hydrogen-bond acceptors (Lipinski definition) is 5. The minimum atomic E-state index is -0.474. The first kappa shape index (κ1) is 14.9. The van der Waals surface area contributed by atoms with Gasteiger partial charge in [0.2, 0.25) is 0 Å². The lowest BCUT2D eigenvalue weighted by molar-refractivity contribution is -0.384. The number of nitro groups is 1. The number of hydrogen-bond donors (Lipinski definition) is 2. The van der Waals surface area contributed by atoms with Crippen LogP contribution in [0.25, 0.3) is 0 Å². The molecule has 0 atom stereocenters. The Bertz CT molecular complexity index is 792. The maximum Gasteiger partial charge on any atom is 0.291 e. The van der Waals surface area contributed by atoms with Crippen molar-refractivity contribution < 1.29 is 9.72 Å². The van der Waals surface area contributed by atoms with E-state index in [1.165, 1.54) is 12.1 Å². The Morgan fingerprint density at radius 1 is 1.43 bits per heavy atom. The van der Waals surface area contributed by atoms with Crippen LogP contribution in [0.1, 0.15) is 47.4 Å². The minimum Gasteiger partial charge on any atom is -0.281 e. The van der Waals surface area contributed by atoms with Gasteiger partial charge < -0.3 is 0 Å². The molecule has 0 saturated heterocycles. The molecule has 1 aliphatic carbocycles. The van der Waals surface area contributed by atoms with Crippen molar-refractivity contribution in [3.63, 3.8) is 0 Å². The number of non-ortho nitro benzene ring substituents is 1. The maximum atomic E-state index is 12.0. The highest BCUT2D eigenvalue weighted by Gasteiger charge is 2.26. The number of nitro benzene ring substituents is 1. The topological polar surface area (TPSA) is 113 Å². The molecule has 0 radical (unpaired) electrons. The highest BCUT2D eigenvalue weighted by Crippen LogP contribution is 2.38. The summed E-state index contributed by atoms with van der Waals surface area (Å²) in [6, 6.07) is 7.80. The summed E-state index contributed by atoms with van der Waals surface area (Å²) in [6.45, 7) is 1.67. The fourth-order valence-electron chi connectivity index (χ4n) is 2.16. The average molecular weight is 313 g/mol. The molecule has 1 aromatic carbocycles. The van der Waals surface area contributed by atoms with Crippen LogP contribution in [0.2, 0.25) is 0 Å². The zero-order chi connectivity index (χ0) is 16.4. The molecule has 8 nitrogen and oxygen atoms in total. The third kappa shape index (κ3) is 3.42. The number of benzene rings is 1. The number of hydrazone groups is 1. The molecule has 1 amide bonds. The number of carbonyl (C=O) groups excluding carboxylic acids is 1. The number of carbonyl (C=O) groups is 1. The van der Waals surface area contributed by atoms with Crippen LogP contribution in [0.3, 0.4) is 0 Å². The second-order valence-electron chi connectivity index (χ2n) is 5.43. The van der Waals surface area contributed by atoms with E-state index in [9.17, 15) is 14.9 Å². The predicted octanol–water partition coefficient (Wildman–Crippen LogP) is 2.35. The van der Waals surface area contributed by atoms with E-state index < -0.39 is 10.8 Å². The van der Waals surface area contributed by atoms with Crippen LogP contribution >= 0.6 is 0 Å². The van der Waals surface area contributed by atoms with Crippen molar-refractivity contribution in [1.82, 2.24) is 15.6 Å². The van der Waals surface area contributed by atoms with Gasteiger partial charge >= 0.3 is 0 Å². The van der Waals surface area contributed by atoms with Gasteiger partial charge in [0.05, 0.1) is 10.6 Å². The highest BCUT2D eigenvalue weighted by molar-refractivity contribution is 6.00. The maximum absolute atomic E-state index is 12.0. The molecule has 0 unspecified atom stereocenters. The van der Waals surface area contributed by atoms with Gasteiger partial charge in [0, 0.05) is 29.3 Å². The van der Waals surface area contributed by atoms with E-state index in [4.69, 9.17) is 0 Å². The second kappa shape index (κ2) is 5.99. The molecule has 1 aliphatic rings. The molecular formula is C15H15N5O3. The molecule has 2 N–H and O–H groups in total. The monoisotopic (exact) mass is 313 g/mol. The normalized spacial score (nSPS) is 14.6. The van der Waals surface area contributed by atoms with Crippen LogP contribution in [0, 0.1) is 10.1 Å². The van der Waals surface area contributed by atoms with Crippen LogP contribution in [0.5, 0.6) is 0 Å². The van der Waals surface area contributed by atoms with Gasteiger partial charge in [0.15, 0.2) is 5.69 Å². The van der Waals surface area contributed by atoms with Gasteiger partial charge in [-0.25, -0.2) is 5.43 Å². The standard InChI is InChI=1S/C15H15N5O3/c1-9(11-3-2-4-12(7-11)20(22)23)16-19-15(21)14-8-13(17-18-14)10-5-6-10/h2-4,7-8,10H,5-6H2,1H3,(H,17,18)(H,19,21).